The number of pyridine rings is 1. The third kappa shape index (κ3) is 4.93. The summed E-state index contributed by atoms with van der Waals surface area (Å²) < 4.78 is 13.1. The van der Waals surface area contributed by atoms with Crippen molar-refractivity contribution in [1.29, 1.82) is 0 Å². The van der Waals surface area contributed by atoms with Crippen LogP contribution in [0.2, 0.25) is 0 Å². The van der Waals surface area contributed by atoms with Crippen LogP contribution in [0.4, 0.5) is 4.79 Å². The molecule has 1 aliphatic rings. The number of ether oxygens (including phenoxy) is 1. The molecule has 11 heteroatoms. The van der Waals surface area contributed by atoms with Crippen molar-refractivity contribution in [3.63, 3.8) is 0 Å². The first-order valence-corrected chi connectivity index (χ1v) is 11.6. The number of aromatic nitrogens is 6. The summed E-state index contributed by atoms with van der Waals surface area (Å²) in [5, 5.41) is 12.8. The lowest BCUT2D eigenvalue weighted by Crippen LogP contribution is -2.41. The topological polar surface area (TPSA) is 132 Å². The summed E-state index contributed by atoms with van der Waals surface area (Å²) in [6, 6.07) is 7.20. The molecule has 5 rings (SSSR count). The van der Waals surface area contributed by atoms with Gasteiger partial charge in [-0.1, -0.05) is 6.07 Å². The summed E-state index contributed by atoms with van der Waals surface area (Å²) >= 11 is 0. The van der Waals surface area contributed by atoms with Crippen LogP contribution >= 0.6 is 0 Å². The molecule has 0 aromatic carbocycles. The minimum atomic E-state index is -0.537. The van der Waals surface area contributed by atoms with Crippen molar-refractivity contribution < 1.29 is 13.9 Å². The minimum absolute atomic E-state index is 0.0636. The largest absolute Gasteiger partial charge is 0.444 e. The van der Waals surface area contributed by atoms with E-state index in [9.17, 15) is 9.59 Å². The number of hydrogen-bond donors (Lipinski definition) is 1. The summed E-state index contributed by atoms with van der Waals surface area (Å²) in [6.07, 6.45) is 4.81. The van der Waals surface area contributed by atoms with Gasteiger partial charge in [0.15, 0.2) is 0 Å². The maximum absolute atomic E-state index is 12.5. The fourth-order valence-electron chi connectivity index (χ4n) is 4.24. The molecule has 35 heavy (non-hydrogen) atoms. The molecule has 1 saturated heterocycles. The van der Waals surface area contributed by atoms with Crippen molar-refractivity contribution in [2.45, 2.75) is 51.6 Å². The maximum atomic E-state index is 12.5. The Labute approximate surface area is 201 Å². The molecule has 0 radical (unpaired) electrons. The number of nitrogens with one attached hydrogen (secondary N) is 1. The van der Waals surface area contributed by atoms with Crippen molar-refractivity contribution >= 4 is 11.7 Å². The first-order valence-electron chi connectivity index (χ1n) is 11.6. The van der Waals surface area contributed by atoms with Gasteiger partial charge in [0, 0.05) is 37.0 Å². The molecular weight excluding hydrogens is 450 g/mol. The molecule has 0 saturated carbocycles. The van der Waals surface area contributed by atoms with Gasteiger partial charge in [0.2, 0.25) is 5.89 Å². The third-order valence-corrected chi connectivity index (χ3v) is 5.86. The van der Waals surface area contributed by atoms with Gasteiger partial charge in [-0.25, -0.2) is 9.31 Å². The SMILES string of the molecule is CC(C)(C)OC(=O)N1CCC(c2cc(=O)[nH]c3c(-c4nnc(Cc5ccccn5)o4)cnn23)CC1. The Morgan fingerprint density at radius 2 is 2.03 bits per heavy atom. The Balaban J connectivity index is 1.37. The van der Waals surface area contributed by atoms with Crippen LogP contribution in [0.5, 0.6) is 0 Å². The molecule has 0 spiro atoms. The van der Waals surface area contributed by atoms with Gasteiger partial charge < -0.3 is 19.0 Å². The number of amides is 1. The molecule has 1 fully saturated rings. The van der Waals surface area contributed by atoms with E-state index in [-0.39, 0.29) is 23.5 Å². The number of hydrogen-bond acceptors (Lipinski definition) is 8. The molecule has 5 heterocycles. The van der Waals surface area contributed by atoms with Crippen molar-refractivity contribution in [2.24, 2.45) is 0 Å². The molecule has 4 aromatic heterocycles. The van der Waals surface area contributed by atoms with Crippen molar-refractivity contribution in [1.82, 2.24) is 34.7 Å². The van der Waals surface area contributed by atoms with Crippen LogP contribution in [0.1, 0.15) is 56.8 Å². The van der Waals surface area contributed by atoms with Crippen molar-refractivity contribution in [2.75, 3.05) is 13.1 Å². The van der Waals surface area contributed by atoms with Crippen LogP contribution in [-0.2, 0) is 11.2 Å². The van der Waals surface area contributed by atoms with E-state index in [2.05, 4.69) is 25.3 Å². The van der Waals surface area contributed by atoms with Crippen molar-refractivity contribution in [3.8, 4) is 11.5 Å². The normalized spacial score (nSPS) is 15.0. The Morgan fingerprint density at radius 1 is 1.23 bits per heavy atom. The van der Waals surface area contributed by atoms with E-state index in [4.69, 9.17) is 9.15 Å². The average Bonchev–Trinajstić information content (AvgIpc) is 3.45. The number of nitrogens with zero attached hydrogens (tertiary/aromatic N) is 6. The Hall–Kier alpha value is -4.02. The lowest BCUT2D eigenvalue weighted by atomic mass is 9.93. The molecule has 182 valence electrons. The third-order valence-electron chi connectivity index (χ3n) is 5.86. The lowest BCUT2D eigenvalue weighted by molar-refractivity contribution is 0.0203. The number of carbonyl (C=O) groups excluding carboxylic acids is 1. The van der Waals surface area contributed by atoms with Gasteiger partial charge in [0.05, 0.1) is 18.3 Å². The van der Waals surface area contributed by atoms with E-state index in [1.54, 1.807) is 27.9 Å². The quantitative estimate of drug-likeness (QED) is 0.474. The molecule has 0 atom stereocenters. The van der Waals surface area contributed by atoms with E-state index in [0.717, 1.165) is 11.4 Å². The molecule has 1 aliphatic heterocycles. The minimum Gasteiger partial charge on any atom is -0.444 e. The number of rotatable bonds is 4. The van der Waals surface area contributed by atoms with Crippen LogP contribution in [0, 0.1) is 0 Å². The standard InChI is InChI=1S/C24H27N7O4/c1-24(2,3)35-23(33)30-10-7-15(8-11-30)18-13-19(32)27-21-17(14-26-31(18)21)22-29-28-20(34-22)12-16-6-4-5-9-25-16/h4-6,9,13-15H,7-8,10-12H2,1-3H3,(H,27,32). The highest BCUT2D eigenvalue weighted by molar-refractivity contribution is 5.71. The zero-order chi connectivity index (χ0) is 24.6. The van der Waals surface area contributed by atoms with E-state index < -0.39 is 5.60 Å². The monoisotopic (exact) mass is 477 g/mol. The van der Waals surface area contributed by atoms with Crippen LogP contribution in [0.15, 0.2) is 45.9 Å². The van der Waals surface area contributed by atoms with E-state index >= 15 is 0 Å². The summed E-state index contributed by atoms with van der Waals surface area (Å²) in [5.41, 5.74) is 1.87. The lowest BCUT2D eigenvalue weighted by Gasteiger charge is -2.33. The second kappa shape index (κ2) is 8.97. The van der Waals surface area contributed by atoms with Crippen LogP contribution in [0.25, 0.3) is 17.1 Å². The fraction of sp³-hybridized carbons (Fsp3) is 0.417. The average molecular weight is 478 g/mol. The Bertz CT molecular complexity index is 1390. The van der Waals surface area contributed by atoms with Gasteiger partial charge >= 0.3 is 6.09 Å². The molecule has 1 N–H and O–H groups in total. The number of piperidine rings is 1. The highest BCUT2D eigenvalue weighted by Crippen LogP contribution is 2.30. The maximum Gasteiger partial charge on any atom is 0.410 e. The van der Waals surface area contributed by atoms with Gasteiger partial charge in [-0.05, 0) is 45.7 Å². The van der Waals surface area contributed by atoms with Crippen LogP contribution < -0.4 is 5.56 Å². The highest BCUT2D eigenvalue weighted by Gasteiger charge is 2.29. The number of likely N-dealkylation sites (tertiary alicyclic amines) is 1. The van der Waals surface area contributed by atoms with Crippen LogP contribution in [-0.4, -0.2) is 59.5 Å². The van der Waals surface area contributed by atoms with Gasteiger partial charge in [-0.2, -0.15) is 5.10 Å². The molecule has 0 bridgehead atoms. The van der Waals surface area contributed by atoms with E-state index in [1.165, 1.54) is 0 Å². The summed E-state index contributed by atoms with van der Waals surface area (Å²) in [4.78, 5) is 33.8. The fourth-order valence-corrected chi connectivity index (χ4v) is 4.24. The van der Waals surface area contributed by atoms with Gasteiger partial charge in [-0.15, -0.1) is 10.2 Å². The van der Waals surface area contributed by atoms with E-state index in [0.29, 0.717) is 49.5 Å². The predicted octanol–water partition coefficient (Wildman–Crippen LogP) is 3.17. The molecule has 0 unspecified atom stereocenters. The molecule has 4 aromatic rings. The first-order chi connectivity index (χ1) is 16.8. The second-order valence-electron chi connectivity index (χ2n) is 9.62. The zero-order valence-corrected chi connectivity index (χ0v) is 19.9. The van der Waals surface area contributed by atoms with E-state index in [1.807, 2.05) is 39.0 Å². The predicted molar refractivity (Wildman–Crippen MR) is 126 cm³/mol. The van der Waals surface area contributed by atoms with Gasteiger partial charge in [-0.3, -0.25) is 9.78 Å². The Morgan fingerprint density at radius 3 is 2.74 bits per heavy atom. The smallest absolute Gasteiger partial charge is 0.410 e. The van der Waals surface area contributed by atoms with Gasteiger partial charge in [0.1, 0.15) is 16.8 Å². The number of carbonyl (C=O) groups is 1. The molecule has 1 amide bonds. The van der Waals surface area contributed by atoms with Crippen molar-refractivity contribution in [3.05, 3.63) is 64.3 Å². The summed E-state index contributed by atoms with van der Waals surface area (Å²) in [7, 11) is 0. The van der Waals surface area contributed by atoms with Crippen LogP contribution in [0.3, 0.4) is 0 Å². The Kier molecular flexibility index (Phi) is 5.83. The number of H-pyrrole nitrogens is 1. The zero-order valence-electron chi connectivity index (χ0n) is 19.9. The highest BCUT2D eigenvalue weighted by atomic mass is 16.6. The first kappa shape index (κ1) is 22.8. The molecule has 0 aliphatic carbocycles. The molecule has 11 nitrogen and oxygen atoms in total. The number of aromatic amines is 1. The number of fused-ring (bicyclic) bond motifs is 1. The summed E-state index contributed by atoms with van der Waals surface area (Å²) in [5.74, 6) is 0.762. The van der Waals surface area contributed by atoms with Gasteiger partial charge in [0.25, 0.3) is 11.4 Å². The summed E-state index contributed by atoms with van der Waals surface area (Å²) in [6.45, 7) is 6.64. The second-order valence-corrected chi connectivity index (χ2v) is 9.62. The molecular formula is C24H27N7O4.